The molecular weight excluding hydrogens is 360 g/mol. The highest BCUT2D eigenvalue weighted by atomic mass is 32.3. The molecule has 0 radical (unpaired) electrons. The van der Waals surface area contributed by atoms with Gasteiger partial charge in [0.05, 0.1) is 10.7 Å². The van der Waals surface area contributed by atoms with Gasteiger partial charge in [0, 0.05) is 12.6 Å². The first kappa shape index (κ1) is 17.8. The first-order chi connectivity index (χ1) is 10.1. The normalized spacial score (nSPS) is 33.3. The molecule has 3 atom stereocenters. The highest BCUT2D eigenvalue weighted by molar-refractivity contribution is 8.21. The summed E-state index contributed by atoms with van der Waals surface area (Å²) in [6.07, 6.45) is -0.296. The number of thioether (sulfide) groups is 2. The average molecular weight is 374 g/mol. The van der Waals surface area contributed by atoms with Crippen LogP contribution in [0, 0.1) is 0 Å². The van der Waals surface area contributed by atoms with Crippen molar-refractivity contribution in [1.82, 2.24) is 10.6 Å². The number of carbonyl (C=O) groups is 2. The molecule has 3 unspecified atom stereocenters. The lowest BCUT2D eigenvalue weighted by Crippen LogP contribution is -2.55. The second-order valence-electron chi connectivity index (χ2n) is 4.63. The lowest BCUT2D eigenvalue weighted by Gasteiger charge is -2.30. The minimum atomic E-state index is -4.67. The van der Waals surface area contributed by atoms with Gasteiger partial charge in [-0.15, -0.1) is 0 Å². The molecule has 0 aromatic heterocycles. The number of hydrogen-bond donors (Lipinski definition) is 4. The highest BCUT2D eigenvalue weighted by Crippen LogP contribution is 2.54. The zero-order valence-corrected chi connectivity index (χ0v) is 13.7. The fourth-order valence-electron chi connectivity index (χ4n) is 1.95. The van der Waals surface area contributed by atoms with Crippen molar-refractivity contribution in [3.63, 3.8) is 0 Å². The van der Waals surface area contributed by atoms with Crippen molar-refractivity contribution in [2.45, 2.75) is 34.6 Å². The van der Waals surface area contributed by atoms with E-state index < -0.39 is 26.8 Å². The number of fused-ring (bicyclic) bond motifs is 1. The van der Waals surface area contributed by atoms with Crippen LogP contribution in [0.15, 0.2) is 0 Å². The van der Waals surface area contributed by atoms with Crippen LogP contribution >= 0.6 is 23.5 Å². The van der Waals surface area contributed by atoms with Crippen molar-refractivity contribution < 1.29 is 36.6 Å². The molecule has 3 rings (SSSR count). The zero-order chi connectivity index (χ0) is 16.5. The molecule has 10 nitrogen and oxygen atoms in total. The monoisotopic (exact) mass is 374 g/mol. The summed E-state index contributed by atoms with van der Waals surface area (Å²) in [6.45, 7) is 2.91. The van der Waals surface area contributed by atoms with Gasteiger partial charge in [-0.3, -0.25) is 24.0 Å². The maximum Gasteiger partial charge on any atom is 0.394 e. The van der Waals surface area contributed by atoms with E-state index in [0.29, 0.717) is 6.04 Å². The molecular formula is C9H14N2O8S3. The predicted molar refractivity (Wildman–Crippen MR) is 77.1 cm³/mol. The molecule has 3 aliphatic heterocycles. The van der Waals surface area contributed by atoms with Crippen LogP contribution in [0.4, 0.5) is 0 Å². The van der Waals surface area contributed by atoms with E-state index in [-0.39, 0.29) is 17.2 Å². The maximum atomic E-state index is 11.3. The topological polar surface area (TPSA) is 151 Å². The minimum Gasteiger partial charge on any atom is -0.403 e. The minimum absolute atomic E-state index is 0.0717. The lowest BCUT2D eigenvalue weighted by molar-refractivity contribution is -0.193. The first-order valence-electron chi connectivity index (χ1n) is 6.05. The van der Waals surface area contributed by atoms with E-state index in [9.17, 15) is 9.59 Å². The summed E-state index contributed by atoms with van der Waals surface area (Å²) in [5.41, 5.74) is 0. The predicted octanol–water partition coefficient (Wildman–Crippen LogP) is -0.851. The Balaban J connectivity index is 0.000000309. The molecule has 0 amide bonds. The third-order valence-electron chi connectivity index (χ3n) is 2.66. The first-order valence-corrected chi connectivity index (χ1v) is 9.20. The van der Waals surface area contributed by atoms with Crippen molar-refractivity contribution >= 4 is 45.9 Å². The van der Waals surface area contributed by atoms with Crippen molar-refractivity contribution in [2.75, 3.05) is 6.54 Å². The average Bonchev–Trinajstić information content (AvgIpc) is 2.61. The van der Waals surface area contributed by atoms with Crippen LogP contribution in [0.1, 0.15) is 13.3 Å². The number of rotatable bonds is 0. The summed E-state index contributed by atoms with van der Waals surface area (Å²) in [5.74, 6) is -1.04. The van der Waals surface area contributed by atoms with Crippen LogP contribution in [-0.4, -0.2) is 57.2 Å². The summed E-state index contributed by atoms with van der Waals surface area (Å²) < 4.78 is 40.8. The van der Waals surface area contributed by atoms with E-state index >= 15 is 0 Å². The van der Waals surface area contributed by atoms with Gasteiger partial charge in [0.1, 0.15) is 6.42 Å². The Hall–Kier alpha value is -0.570. The second-order valence-corrected chi connectivity index (χ2v) is 8.34. The molecule has 0 aromatic rings. The Bertz CT molecular complexity index is 543. The molecule has 3 heterocycles. The summed E-state index contributed by atoms with van der Waals surface area (Å²) in [5, 5.41) is 6.86. The SMILES string of the molecule is CC1CNC2SC3(OC(=O)CC(=O)O3)SC2N1.O=S(=O)(O)O. The number of piperazine rings is 1. The molecule has 13 heteroatoms. The van der Waals surface area contributed by atoms with Crippen LogP contribution in [-0.2, 0) is 29.5 Å². The number of hydrogen-bond acceptors (Lipinski definition) is 10. The number of carbonyl (C=O) groups excluding carboxylic acids is 2. The van der Waals surface area contributed by atoms with Gasteiger partial charge in [0.15, 0.2) is 0 Å². The van der Waals surface area contributed by atoms with E-state index in [4.69, 9.17) is 27.0 Å². The molecule has 0 saturated carbocycles. The fourth-order valence-corrected chi connectivity index (χ4v) is 5.22. The molecule has 4 N–H and O–H groups in total. The lowest BCUT2D eigenvalue weighted by atomic mass is 10.3. The van der Waals surface area contributed by atoms with Gasteiger partial charge in [0.2, 0.25) is 0 Å². The summed E-state index contributed by atoms with van der Waals surface area (Å²) in [4.78, 5) is 22.6. The van der Waals surface area contributed by atoms with Gasteiger partial charge in [-0.2, -0.15) is 8.42 Å². The highest BCUT2D eigenvalue weighted by Gasteiger charge is 2.56. The molecule has 0 bridgehead atoms. The van der Waals surface area contributed by atoms with Crippen LogP contribution in [0.2, 0.25) is 0 Å². The van der Waals surface area contributed by atoms with Crippen molar-refractivity contribution in [2.24, 2.45) is 0 Å². The summed E-state index contributed by atoms with van der Waals surface area (Å²) in [7, 11) is -4.67. The Morgan fingerprint density at radius 3 is 2.23 bits per heavy atom. The quantitative estimate of drug-likeness (QED) is 0.237. The fraction of sp³-hybridized carbons (Fsp3) is 0.778. The van der Waals surface area contributed by atoms with Gasteiger partial charge in [-0.1, -0.05) is 0 Å². The number of esters is 2. The molecule has 3 saturated heterocycles. The van der Waals surface area contributed by atoms with Crippen LogP contribution in [0.25, 0.3) is 0 Å². The van der Waals surface area contributed by atoms with E-state index in [2.05, 4.69) is 17.6 Å². The van der Waals surface area contributed by atoms with E-state index in [1.165, 1.54) is 23.5 Å². The molecule has 0 aliphatic carbocycles. The van der Waals surface area contributed by atoms with E-state index in [1.807, 2.05) is 0 Å². The third kappa shape index (κ3) is 4.97. The number of ether oxygens (including phenoxy) is 2. The Kier molecular flexibility index (Phi) is 5.26. The van der Waals surface area contributed by atoms with Crippen LogP contribution < -0.4 is 10.6 Å². The zero-order valence-electron chi connectivity index (χ0n) is 11.2. The van der Waals surface area contributed by atoms with Crippen molar-refractivity contribution in [1.29, 1.82) is 0 Å². The Morgan fingerprint density at radius 2 is 1.68 bits per heavy atom. The van der Waals surface area contributed by atoms with Crippen LogP contribution in [0.3, 0.4) is 0 Å². The summed E-state index contributed by atoms with van der Waals surface area (Å²) in [6, 6.07) is 0.342. The van der Waals surface area contributed by atoms with Crippen molar-refractivity contribution in [3.8, 4) is 0 Å². The maximum absolute atomic E-state index is 11.3. The Labute approximate surface area is 134 Å². The number of nitrogens with one attached hydrogen (secondary N) is 2. The summed E-state index contributed by atoms with van der Waals surface area (Å²) >= 11 is 2.66. The van der Waals surface area contributed by atoms with Gasteiger partial charge in [-0.25, -0.2) is 0 Å². The smallest absolute Gasteiger partial charge is 0.394 e. The standard InChI is InChI=1S/C9H12N2O4S2.H2O4S/c1-4-3-10-7-8(11-4)17-9(16-7)14-5(12)2-6(13)15-9;1-5(2,3)4/h4,7-8,10-11H,2-3H2,1H3;(H2,1,2,3,4). The molecule has 22 heavy (non-hydrogen) atoms. The van der Waals surface area contributed by atoms with Gasteiger partial charge in [-0.05, 0) is 30.4 Å². The van der Waals surface area contributed by atoms with E-state index in [1.54, 1.807) is 0 Å². The largest absolute Gasteiger partial charge is 0.403 e. The molecule has 0 aromatic carbocycles. The van der Waals surface area contributed by atoms with Gasteiger partial charge < -0.3 is 14.8 Å². The van der Waals surface area contributed by atoms with Crippen LogP contribution in [0.5, 0.6) is 0 Å². The molecule has 126 valence electrons. The molecule has 1 spiro atoms. The molecule has 3 aliphatic rings. The van der Waals surface area contributed by atoms with Gasteiger partial charge >= 0.3 is 26.8 Å². The van der Waals surface area contributed by atoms with Crippen molar-refractivity contribution in [3.05, 3.63) is 0 Å². The van der Waals surface area contributed by atoms with E-state index in [0.717, 1.165) is 6.54 Å². The van der Waals surface area contributed by atoms with Gasteiger partial charge in [0.25, 0.3) is 0 Å². The third-order valence-corrected chi connectivity index (χ3v) is 5.67. The Morgan fingerprint density at radius 1 is 1.18 bits per heavy atom. The molecule has 3 fully saturated rings. The second kappa shape index (κ2) is 6.51.